The Bertz CT molecular complexity index is 433. The largest absolute Gasteiger partial charge is 0.467 e. The van der Waals surface area contributed by atoms with Crippen molar-refractivity contribution in [2.24, 2.45) is 5.41 Å². The summed E-state index contributed by atoms with van der Waals surface area (Å²) < 4.78 is 5.01. The number of ether oxygens (including phenoxy) is 1. The van der Waals surface area contributed by atoms with Crippen molar-refractivity contribution in [3.8, 4) is 6.01 Å². The van der Waals surface area contributed by atoms with Crippen molar-refractivity contribution in [2.75, 3.05) is 39.1 Å². The lowest BCUT2D eigenvalue weighted by Crippen LogP contribution is -2.40. The molecular formula is C13H21ClN4O. The summed E-state index contributed by atoms with van der Waals surface area (Å²) in [4.78, 5) is 10.6. The molecule has 1 fully saturated rings. The fourth-order valence-corrected chi connectivity index (χ4v) is 2.36. The number of nitrogens with one attached hydrogen (secondary N) is 1. The first-order valence-electron chi connectivity index (χ1n) is 6.51. The molecule has 0 spiro atoms. The zero-order valence-corrected chi connectivity index (χ0v) is 12.5. The predicted molar refractivity (Wildman–Crippen MR) is 76.9 cm³/mol. The number of likely N-dealkylation sites (tertiary alicyclic amines) is 1. The Morgan fingerprint density at radius 1 is 1.47 bits per heavy atom. The minimum absolute atomic E-state index is 0.286. The van der Waals surface area contributed by atoms with E-state index in [1.165, 1.54) is 12.8 Å². The van der Waals surface area contributed by atoms with Gasteiger partial charge in [-0.05, 0) is 38.4 Å². The smallest absolute Gasteiger partial charge is 0.318 e. The van der Waals surface area contributed by atoms with Crippen LogP contribution in [0.15, 0.2) is 6.20 Å². The Kier molecular flexibility index (Phi) is 4.47. The molecule has 0 unspecified atom stereocenters. The molecule has 1 saturated heterocycles. The fourth-order valence-electron chi connectivity index (χ4n) is 2.21. The van der Waals surface area contributed by atoms with Crippen LogP contribution in [0.2, 0.25) is 5.02 Å². The number of anilines is 1. The van der Waals surface area contributed by atoms with Crippen molar-refractivity contribution >= 4 is 17.4 Å². The minimum Gasteiger partial charge on any atom is -0.467 e. The highest BCUT2D eigenvalue weighted by Crippen LogP contribution is 2.31. The zero-order valence-electron chi connectivity index (χ0n) is 11.7. The van der Waals surface area contributed by atoms with Gasteiger partial charge in [0.15, 0.2) is 5.82 Å². The van der Waals surface area contributed by atoms with E-state index in [2.05, 4.69) is 34.2 Å². The molecule has 1 aromatic rings. The molecular weight excluding hydrogens is 264 g/mol. The molecule has 1 aliphatic rings. The van der Waals surface area contributed by atoms with Gasteiger partial charge in [-0.1, -0.05) is 18.5 Å². The maximum atomic E-state index is 6.09. The van der Waals surface area contributed by atoms with Crippen molar-refractivity contribution in [1.82, 2.24) is 14.9 Å². The van der Waals surface area contributed by atoms with Crippen molar-refractivity contribution in [1.29, 1.82) is 0 Å². The summed E-state index contributed by atoms with van der Waals surface area (Å²) in [5.41, 5.74) is 0.286. The Balaban J connectivity index is 1.98. The van der Waals surface area contributed by atoms with Crippen molar-refractivity contribution < 1.29 is 4.74 Å². The molecule has 0 bridgehead atoms. The van der Waals surface area contributed by atoms with E-state index in [-0.39, 0.29) is 5.41 Å². The summed E-state index contributed by atoms with van der Waals surface area (Å²) in [5.74, 6) is 0.647. The number of methoxy groups -OCH3 is 1. The lowest BCUT2D eigenvalue weighted by Gasteiger charge is -2.38. The monoisotopic (exact) mass is 284 g/mol. The number of hydrogen-bond donors (Lipinski definition) is 1. The van der Waals surface area contributed by atoms with Crippen LogP contribution in [0, 0.1) is 5.41 Å². The highest BCUT2D eigenvalue weighted by Gasteiger charge is 2.28. The third-order valence-corrected chi connectivity index (χ3v) is 4.06. The normalized spacial score (nSPS) is 19.2. The lowest BCUT2D eigenvalue weighted by atomic mass is 9.80. The molecule has 0 atom stereocenters. The molecule has 2 rings (SSSR count). The predicted octanol–water partition coefficient (Wildman–Crippen LogP) is 2.28. The molecule has 2 heterocycles. The number of rotatable bonds is 4. The second-order valence-corrected chi connectivity index (χ2v) is 5.93. The van der Waals surface area contributed by atoms with Gasteiger partial charge in [-0.3, -0.25) is 0 Å². The zero-order chi connectivity index (χ0) is 13.9. The van der Waals surface area contributed by atoms with Crippen LogP contribution in [0.3, 0.4) is 0 Å². The quantitative estimate of drug-likeness (QED) is 0.919. The number of halogens is 1. The summed E-state index contributed by atoms with van der Waals surface area (Å²) in [6.45, 7) is 5.44. The topological polar surface area (TPSA) is 50.3 Å². The van der Waals surface area contributed by atoms with Crippen LogP contribution in [-0.4, -0.2) is 48.7 Å². The number of piperidine rings is 1. The third kappa shape index (κ3) is 3.70. The second-order valence-electron chi connectivity index (χ2n) is 5.52. The molecule has 19 heavy (non-hydrogen) atoms. The van der Waals surface area contributed by atoms with Gasteiger partial charge in [0.1, 0.15) is 5.02 Å². The van der Waals surface area contributed by atoms with Crippen LogP contribution >= 0.6 is 11.6 Å². The van der Waals surface area contributed by atoms with Crippen LogP contribution in [0.25, 0.3) is 0 Å². The molecule has 1 aliphatic heterocycles. The van der Waals surface area contributed by atoms with E-state index in [1.54, 1.807) is 13.3 Å². The first-order valence-corrected chi connectivity index (χ1v) is 6.89. The van der Waals surface area contributed by atoms with Gasteiger partial charge < -0.3 is 15.0 Å². The van der Waals surface area contributed by atoms with E-state index in [0.717, 1.165) is 19.6 Å². The summed E-state index contributed by atoms with van der Waals surface area (Å²) in [5, 5.41) is 3.86. The van der Waals surface area contributed by atoms with E-state index in [0.29, 0.717) is 16.9 Å². The van der Waals surface area contributed by atoms with E-state index >= 15 is 0 Å². The first kappa shape index (κ1) is 14.3. The average molecular weight is 285 g/mol. The Labute approximate surface area is 119 Å². The Hall–Kier alpha value is -1.07. The molecule has 1 N–H and O–H groups in total. The standard InChI is InChI=1S/C13H21ClN4O/c1-13(4-6-18(2)7-5-13)9-16-11-10(14)8-15-12(17-11)19-3/h8H,4-7,9H2,1-3H3,(H,15,16,17). The summed E-state index contributed by atoms with van der Waals surface area (Å²) in [6, 6.07) is 0.334. The van der Waals surface area contributed by atoms with Gasteiger partial charge in [0, 0.05) is 6.54 Å². The van der Waals surface area contributed by atoms with E-state index < -0.39 is 0 Å². The van der Waals surface area contributed by atoms with E-state index in [4.69, 9.17) is 16.3 Å². The van der Waals surface area contributed by atoms with Gasteiger partial charge in [0.05, 0.1) is 13.3 Å². The molecule has 0 radical (unpaired) electrons. The average Bonchev–Trinajstić information content (AvgIpc) is 2.42. The van der Waals surface area contributed by atoms with Gasteiger partial charge in [0.2, 0.25) is 0 Å². The van der Waals surface area contributed by atoms with Gasteiger partial charge in [-0.2, -0.15) is 4.98 Å². The summed E-state index contributed by atoms with van der Waals surface area (Å²) in [6.07, 6.45) is 3.92. The van der Waals surface area contributed by atoms with Crippen molar-refractivity contribution in [3.05, 3.63) is 11.2 Å². The molecule has 0 saturated carbocycles. The molecule has 5 nitrogen and oxygen atoms in total. The number of aromatic nitrogens is 2. The van der Waals surface area contributed by atoms with Crippen LogP contribution in [0.1, 0.15) is 19.8 Å². The van der Waals surface area contributed by atoms with Crippen molar-refractivity contribution in [3.63, 3.8) is 0 Å². The fraction of sp³-hybridized carbons (Fsp3) is 0.692. The molecule has 6 heteroatoms. The highest BCUT2D eigenvalue weighted by molar-refractivity contribution is 6.32. The van der Waals surface area contributed by atoms with E-state index in [1.807, 2.05) is 0 Å². The number of nitrogens with zero attached hydrogens (tertiary/aromatic N) is 3. The van der Waals surface area contributed by atoms with Crippen molar-refractivity contribution in [2.45, 2.75) is 19.8 Å². The number of hydrogen-bond acceptors (Lipinski definition) is 5. The first-order chi connectivity index (χ1) is 9.02. The Morgan fingerprint density at radius 3 is 2.79 bits per heavy atom. The minimum atomic E-state index is 0.286. The van der Waals surface area contributed by atoms with Gasteiger partial charge in [-0.15, -0.1) is 0 Å². The van der Waals surface area contributed by atoms with Gasteiger partial charge >= 0.3 is 6.01 Å². The van der Waals surface area contributed by atoms with Gasteiger partial charge in [0.25, 0.3) is 0 Å². The SMILES string of the molecule is COc1ncc(Cl)c(NCC2(C)CCN(C)CC2)n1. The highest BCUT2D eigenvalue weighted by atomic mass is 35.5. The van der Waals surface area contributed by atoms with Crippen LogP contribution < -0.4 is 10.1 Å². The van der Waals surface area contributed by atoms with Gasteiger partial charge in [-0.25, -0.2) is 4.98 Å². The maximum absolute atomic E-state index is 6.09. The Morgan fingerprint density at radius 2 is 2.16 bits per heavy atom. The van der Waals surface area contributed by atoms with Crippen LogP contribution in [-0.2, 0) is 0 Å². The molecule has 0 aromatic carbocycles. The lowest BCUT2D eigenvalue weighted by molar-refractivity contribution is 0.150. The third-order valence-electron chi connectivity index (χ3n) is 3.78. The molecule has 1 aromatic heterocycles. The summed E-state index contributed by atoms with van der Waals surface area (Å²) >= 11 is 6.09. The maximum Gasteiger partial charge on any atom is 0.318 e. The summed E-state index contributed by atoms with van der Waals surface area (Å²) in [7, 11) is 3.71. The molecule has 0 aliphatic carbocycles. The molecule has 106 valence electrons. The van der Waals surface area contributed by atoms with E-state index in [9.17, 15) is 0 Å². The second kappa shape index (κ2) is 5.92. The molecule has 0 amide bonds. The van der Waals surface area contributed by atoms with Crippen LogP contribution in [0.4, 0.5) is 5.82 Å². The van der Waals surface area contributed by atoms with Crippen LogP contribution in [0.5, 0.6) is 6.01 Å².